The Labute approximate surface area is 133 Å². The van der Waals surface area contributed by atoms with E-state index in [0.29, 0.717) is 19.5 Å². The lowest BCUT2D eigenvalue weighted by Gasteiger charge is -2.20. The van der Waals surface area contributed by atoms with Gasteiger partial charge in [-0.2, -0.15) is 0 Å². The van der Waals surface area contributed by atoms with Crippen molar-refractivity contribution in [3.63, 3.8) is 0 Å². The van der Waals surface area contributed by atoms with Crippen LogP contribution in [-0.2, 0) is 24.3 Å². The number of rotatable bonds is 4. The normalized spacial score (nSPS) is 14.4. The third-order valence-corrected chi connectivity index (χ3v) is 4.07. The van der Waals surface area contributed by atoms with Crippen molar-refractivity contribution in [1.29, 1.82) is 0 Å². The van der Waals surface area contributed by atoms with Gasteiger partial charge in [0.25, 0.3) is 5.69 Å². The number of fused-ring (bicyclic) bond motifs is 1. The molecule has 2 aromatic rings. The molecule has 6 nitrogen and oxygen atoms in total. The van der Waals surface area contributed by atoms with E-state index in [-0.39, 0.29) is 11.6 Å². The smallest absolute Gasteiger partial charge is 0.269 e. The number of amides is 1. The maximum atomic E-state index is 12.5. The fourth-order valence-electron chi connectivity index (χ4n) is 2.82. The number of hydrogen-bond acceptors (Lipinski definition) is 4. The van der Waals surface area contributed by atoms with Crippen molar-refractivity contribution in [1.82, 2.24) is 4.90 Å². The van der Waals surface area contributed by atoms with E-state index >= 15 is 0 Å². The molecule has 1 aliphatic heterocycles. The zero-order valence-electron chi connectivity index (χ0n) is 12.5. The van der Waals surface area contributed by atoms with Crippen molar-refractivity contribution >= 4 is 11.6 Å². The zero-order chi connectivity index (χ0) is 16.4. The molecule has 1 atom stereocenters. The van der Waals surface area contributed by atoms with Crippen LogP contribution in [-0.4, -0.2) is 21.8 Å². The Morgan fingerprint density at radius 3 is 2.22 bits per heavy atom. The first kappa shape index (κ1) is 15.2. The highest BCUT2D eigenvalue weighted by molar-refractivity contribution is 5.82. The second-order valence-electron chi connectivity index (χ2n) is 5.70. The van der Waals surface area contributed by atoms with Crippen LogP contribution in [0.15, 0.2) is 48.5 Å². The standard InChI is InChI=1S/C17H17N3O3/c18-16(9-12-5-7-15(8-6-12)20(22)23)17(21)19-10-13-3-1-2-4-14(13)11-19/h1-8,16H,9-11,18H2. The molecule has 3 rings (SSSR count). The molecule has 0 saturated carbocycles. The van der Waals surface area contributed by atoms with E-state index in [2.05, 4.69) is 0 Å². The monoisotopic (exact) mass is 311 g/mol. The van der Waals surface area contributed by atoms with Gasteiger partial charge >= 0.3 is 0 Å². The van der Waals surface area contributed by atoms with Gasteiger partial charge in [0.05, 0.1) is 11.0 Å². The van der Waals surface area contributed by atoms with E-state index in [0.717, 1.165) is 16.7 Å². The predicted molar refractivity (Wildman–Crippen MR) is 85.5 cm³/mol. The van der Waals surface area contributed by atoms with Gasteiger partial charge in [-0.3, -0.25) is 14.9 Å². The largest absolute Gasteiger partial charge is 0.333 e. The molecule has 1 heterocycles. The molecule has 1 amide bonds. The van der Waals surface area contributed by atoms with E-state index in [1.54, 1.807) is 17.0 Å². The first-order chi connectivity index (χ1) is 11.0. The Morgan fingerprint density at radius 2 is 1.70 bits per heavy atom. The van der Waals surface area contributed by atoms with Gasteiger partial charge in [-0.1, -0.05) is 36.4 Å². The number of non-ortho nitro benzene ring substituents is 1. The molecule has 0 saturated heterocycles. The fourth-order valence-corrected chi connectivity index (χ4v) is 2.82. The fraction of sp³-hybridized carbons (Fsp3) is 0.235. The summed E-state index contributed by atoms with van der Waals surface area (Å²) in [6.45, 7) is 1.17. The van der Waals surface area contributed by atoms with Gasteiger partial charge in [0.2, 0.25) is 5.91 Å². The molecule has 23 heavy (non-hydrogen) atoms. The van der Waals surface area contributed by atoms with Crippen LogP contribution in [0, 0.1) is 10.1 Å². The van der Waals surface area contributed by atoms with Crippen molar-refractivity contribution < 1.29 is 9.72 Å². The summed E-state index contributed by atoms with van der Waals surface area (Å²) >= 11 is 0. The van der Waals surface area contributed by atoms with Crippen molar-refractivity contribution in [3.05, 3.63) is 75.3 Å². The Morgan fingerprint density at radius 1 is 1.13 bits per heavy atom. The summed E-state index contributed by atoms with van der Waals surface area (Å²) in [5.41, 5.74) is 9.19. The van der Waals surface area contributed by atoms with Crippen LogP contribution in [0.2, 0.25) is 0 Å². The lowest BCUT2D eigenvalue weighted by atomic mass is 10.1. The highest BCUT2D eigenvalue weighted by Crippen LogP contribution is 2.23. The molecular weight excluding hydrogens is 294 g/mol. The molecule has 0 fully saturated rings. The Hall–Kier alpha value is -2.73. The molecule has 0 aromatic heterocycles. The van der Waals surface area contributed by atoms with Gasteiger partial charge in [0, 0.05) is 25.2 Å². The SMILES string of the molecule is NC(Cc1ccc([N+](=O)[O-])cc1)C(=O)N1Cc2ccccc2C1. The van der Waals surface area contributed by atoms with E-state index in [4.69, 9.17) is 5.73 Å². The topological polar surface area (TPSA) is 89.5 Å². The molecule has 118 valence electrons. The predicted octanol–water partition coefficient (Wildman–Crippen LogP) is 2.01. The third kappa shape index (κ3) is 3.22. The molecule has 0 aliphatic carbocycles. The van der Waals surface area contributed by atoms with Gasteiger partial charge in [-0.05, 0) is 23.1 Å². The number of carbonyl (C=O) groups is 1. The molecule has 1 unspecified atom stereocenters. The quantitative estimate of drug-likeness (QED) is 0.691. The van der Waals surface area contributed by atoms with Crippen LogP contribution < -0.4 is 5.73 Å². The van der Waals surface area contributed by atoms with Crippen molar-refractivity contribution in [2.24, 2.45) is 5.73 Å². The zero-order valence-corrected chi connectivity index (χ0v) is 12.5. The van der Waals surface area contributed by atoms with E-state index < -0.39 is 11.0 Å². The van der Waals surface area contributed by atoms with Gasteiger partial charge < -0.3 is 10.6 Å². The minimum Gasteiger partial charge on any atom is -0.333 e. The van der Waals surface area contributed by atoms with E-state index in [1.807, 2.05) is 24.3 Å². The first-order valence-corrected chi connectivity index (χ1v) is 7.39. The summed E-state index contributed by atoms with van der Waals surface area (Å²) in [5, 5.41) is 10.6. The van der Waals surface area contributed by atoms with E-state index in [1.165, 1.54) is 12.1 Å². The summed E-state index contributed by atoms with van der Waals surface area (Å²) in [5.74, 6) is -0.0976. The average Bonchev–Trinajstić information content (AvgIpc) is 2.98. The molecule has 6 heteroatoms. The van der Waals surface area contributed by atoms with Gasteiger partial charge in [0.1, 0.15) is 0 Å². The van der Waals surface area contributed by atoms with Gasteiger partial charge in [0.15, 0.2) is 0 Å². The van der Waals surface area contributed by atoms with Crippen LogP contribution in [0.25, 0.3) is 0 Å². The first-order valence-electron chi connectivity index (χ1n) is 7.39. The maximum absolute atomic E-state index is 12.5. The second-order valence-corrected chi connectivity index (χ2v) is 5.70. The number of nitrogens with two attached hydrogens (primary N) is 1. The summed E-state index contributed by atoms with van der Waals surface area (Å²) in [6, 6.07) is 13.5. The Balaban J connectivity index is 1.63. The van der Waals surface area contributed by atoms with Crippen molar-refractivity contribution in [2.75, 3.05) is 0 Å². The maximum Gasteiger partial charge on any atom is 0.269 e. The van der Waals surface area contributed by atoms with Crippen molar-refractivity contribution in [3.8, 4) is 0 Å². The molecule has 0 bridgehead atoms. The van der Waals surface area contributed by atoms with Gasteiger partial charge in [-0.15, -0.1) is 0 Å². The highest BCUT2D eigenvalue weighted by atomic mass is 16.6. The molecule has 2 aromatic carbocycles. The average molecular weight is 311 g/mol. The lowest BCUT2D eigenvalue weighted by Crippen LogP contribution is -2.42. The van der Waals surface area contributed by atoms with Crippen LogP contribution in [0.4, 0.5) is 5.69 Å². The Bertz CT molecular complexity index is 718. The minimum atomic E-state index is -0.647. The number of nitrogens with zero attached hydrogens (tertiary/aromatic N) is 2. The summed E-state index contributed by atoms with van der Waals surface area (Å²) in [7, 11) is 0. The molecule has 1 aliphatic rings. The second kappa shape index (κ2) is 6.18. The number of benzene rings is 2. The van der Waals surface area contributed by atoms with E-state index in [9.17, 15) is 14.9 Å². The number of nitro benzene ring substituents is 1. The lowest BCUT2D eigenvalue weighted by molar-refractivity contribution is -0.384. The van der Waals surface area contributed by atoms with Crippen LogP contribution in [0.1, 0.15) is 16.7 Å². The summed E-state index contributed by atoms with van der Waals surface area (Å²) < 4.78 is 0. The minimum absolute atomic E-state index is 0.0311. The third-order valence-electron chi connectivity index (χ3n) is 4.07. The van der Waals surface area contributed by atoms with Crippen LogP contribution in [0.5, 0.6) is 0 Å². The summed E-state index contributed by atoms with van der Waals surface area (Å²) in [4.78, 5) is 24.4. The number of nitro groups is 1. The molecule has 0 spiro atoms. The summed E-state index contributed by atoms with van der Waals surface area (Å²) in [6.07, 6.45) is 0.365. The van der Waals surface area contributed by atoms with Crippen LogP contribution >= 0.6 is 0 Å². The van der Waals surface area contributed by atoms with Gasteiger partial charge in [-0.25, -0.2) is 0 Å². The molecule has 0 radical (unpaired) electrons. The number of hydrogen-bond donors (Lipinski definition) is 1. The number of carbonyl (C=O) groups excluding carboxylic acids is 1. The Kier molecular flexibility index (Phi) is 4.08. The molecular formula is C17H17N3O3. The molecule has 2 N–H and O–H groups in total. The van der Waals surface area contributed by atoms with Crippen molar-refractivity contribution in [2.45, 2.75) is 25.6 Å². The highest BCUT2D eigenvalue weighted by Gasteiger charge is 2.27. The van der Waals surface area contributed by atoms with Crippen LogP contribution in [0.3, 0.4) is 0 Å².